The normalized spacial score (nSPS) is 11.4. The van der Waals surface area contributed by atoms with Gasteiger partial charge in [0.05, 0.1) is 0 Å². The van der Waals surface area contributed by atoms with Crippen molar-refractivity contribution in [1.29, 1.82) is 0 Å². The van der Waals surface area contributed by atoms with E-state index >= 15 is 0 Å². The molecule has 3 N–H and O–H groups in total. The van der Waals surface area contributed by atoms with E-state index in [-0.39, 0.29) is 0 Å². The maximum Gasteiger partial charge on any atom is 0.326 e. The first-order valence-electron chi connectivity index (χ1n) is 6.41. The van der Waals surface area contributed by atoms with Gasteiger partial charge in [0.2, 0.25) is 6.41 Å². The summed E-state index contributed by atoms with van der Waals surface area (Å²) in [5, 5.41) is 14.1. The van der Waals surface area contributed by atoms with E-state index in [1.54, 1.807) is 30.3 Å². The van der Waals surface area contributed by atoms with E-state index in [1.807, 2.05) is 0 Å². The van der Waals surface area contributed by atoms with Crippen LogP contribution in [0.4, 0.5) is 0 Å². The van der Waals surface area contributed by atoms with Crippen LogP contribution in [-0.4, -0.2) is 36.0 Å². The van der Waals surface area contributed by atoms with E-state index in [4.69, 9.17) is 5.11 Å². The van der Waals surface area contributed by atoms with Crippen LogP contribution < -0.4 is 10.6 Å². The lowest BCUT2D eigenvalue weighted by molar-refractivity contribution is -0.139. The Morgan fingerprint density at radius 2 is 1.90 bits per heavy atom. The second kappa shape index (κ2) is 8.68. The monoisotopic (exact) mass is 278 g/mol. The molecule has 0 aromatic heterocycles. The molecule has 108 valence electrons. The van der Waals surface area contributed by atoms with Gasteiger partial charge in [-0.3, -0.25) is 9.59 Å². The number of aliphatic carboxylic acids is 1. The van der Waals surface area contributed by atoms with Crippen LogP contribution in [0.15, 0.2) is 30.3 Å². The largest absolute Gasteiger partial charge is 0.480 e. The number of benzene rings is 1. The van der Waals surface area contributed by atoms with Crippen molar-refractivity contribution in [3.05, 3.63) is 35.9 Å². The van der Waals surface area contributed by atoms with E-state index in [9.17, 15) is 14.4 Å². The number of carboxylic acids is 1. The summed E-state index contributed by atoms with van der Waals surface area (Å²) >= 11 is 0. The standard InChI is InChI=1S/C14H18N2O4/c17-10-15-9-5-4-8-12(14(19)20)16-13(18)11-6-2-1-3-7-11/h1-3,6-7,10,12H,4-5,8-9H2,(H,15,17)(H,16,18)(H,19,20)/t12-/m0/s1. The Balaban J connectivity index is 2.44. The Morgan fingerprint density at radius 1 is 1.20 bits per heavy atom. The molecule has 0 radical (unpaired) electrons. The average molecular weight is 278 g/mol. The molecule has 2 amide bonds. The third-order valence-electron chi connectivity index (χ3n) is 2.79. The number of amides is 2. The summed E-state index contributed by atoms with van der Waals surface area (Å²) in [6, 6.07) is 7.56. The maximum absolute atomic E-state index is 11.9. The number of carboxylic acid groups (broad SMARTS) is 1. The summed E-state index contributed by atoms with van der Waals surface area (Å²) in [6.07, 6.45) is 2.21. The van der Waals surface area contributed by atoms with Crippen LogP contribution in [-0.2, 0) is 9.59 Å². The molecule has 0 heterocycles. The molecule has 0 spiro atoms. The van der Waals surface area contributed by atoms with E-state index in [0.29, 0.717) is 37.8 Å². The molecular formula is C14H18N2O4. The van der Waals surface area contributed by atoms with Crippen LogP contribution in [0, 0.1) is 0 Å². The molecule has 0 aliphatic carbocycles. The van der Waals surface area contributed by atoms with Crippen molar-refractivity contribution in [2.24, 2.45) is 0 Å². The molecule has 0 unspecified atom stereocenters. The zero-order valence-electron chi connectivity index (χ0n) is 11.0. The highest BCUT2D eigenvalue weighted by Crippen LogP contribution is 2.04. The van der Waals surface area contributed by atoms with E-state index < -0.39 is 17.9 Å². The summed E-state index contributed by atoms with van der Waals surface area (Å²) < 4.78 is 0. The van der Waals surface area contributed by atoms with Gasteiger partial charge >= 0.3 is 5.97 Å². The quantitative estimate of drug-likeness (QED) is 0.459. The number of rotatable bonds is 9. The SMILES string of the molecule is O=CNCCCC[C@H](NC(=O)c1ccccc1)C(=O)O. The van der Waals surface area contributed by atoms with Crippen LogP contribution in [0.2, 0.25) is 0 Å². The molecule has 0 saturated heterocycles. The summed E-state index contributed by atoms with van der Waals surface area (Å²) in [7, 11) is 0. The molecule has 1 rings (SSSR count). The van der Waals surface area contributed by atoms with Crippen molar-refractivity contribution >= 4 is 18.3 Å². The molecule has 1 aromatic rings. The fourth-order valence-electron chi connectivity index (χ4n) is 1.72. The number of carbonyl (C=O) groups is 3. The molecule has 0 fully saturated rings. The molecule has 20 heavy (non-hydrogen) atoms. The molecule has 0 saturated carbocycles. The van der Waals surface area contributed by atoms with Crippen molar-refractivity contribution in [1.82, 2.24) is 10.6 Å². The lowest BCUT2D eigenvalue weighted by Crippen LogP contribution is -2.40. The number of unbranched alkanes of at least 4 members (excludes halogenated alkanes) is 1. The minimum Gasteiger partial charge on any atom is -0.480 e. The van der Waals surface area contributed by atoms with Gasteiger partial charge in [0.1, 0.15) is 6.04 Å². The highest BCUT2D eigenvalue weighted by Gasteiger charge is 2.19. The fraction of sp³-hybridized carbons (Fsp3) is 0.357. The highest BCUT2D eigenvalue weighted by atomic mass is 16.4. The Hall–Kier alpha value is -2.37. The average Bonchev–Trinajstić information content (AvgIpc) is 2.46. The maximum atomic E-state index is 11.9. The Bertz CT molecular complexity index is 448. The smallest absolute Gasteiger partial charge is 0.326 e. The summed E-state index contributed by atoms with van der Waals surface area (Å²) in [6.45, 7) is 0.502. The topological polar surface area (TPSA) is 95.5 Å². The van der Waals surface area contributed by atoms with Crippen LogP contribution in [0.5, 0.6) is 0 Å². The predicted octanol–water partition coefficient (Wildman–Crippen LogP) is 0.786. The fourth-order valence-corrected chi connectivity index (χ4v) is 1.72. The number of carbonyl (C=O) groups excluding carboxylic acids is 2. The lowest BCUT2D eigenvalue weighted by Gasteiger charge is -2.14. The first-order chi connectivity index (χ1) is 9.65. The van der Waals surface area contributed by atoms with Crippen molar-refractivity contribution < 1.29 is 19.5 Å². The molecule has 1 aromatic carbocycles. The second-order valence-corrected chi connectivity index (χ2v) is 4.30. The molecule has 0 aliphatic heterocycles. The minimum absolute atomic E-state index is 0.328. The first-order valence-corrected chi connectivity index (χ1v) is 6.41. The molecule has 6 nitrogen and oxygen atoms in total. The van der Waals surface area contributed by atoms with Gasteiger partial charge in [0, 0.05) is 12.1 Å². The minimum atomic E-state index is -1.06. The number of nitrogens with one attached hydrogen (secondary N) is 2. The molecule has 0 aliphatic rings. The zero-order chi connectivity index (χ0) is 14.8. The Labute approximate surface area is 117 Å². The summed E-state index contributed by atoms with van der Waals surface area (Å²) in [5.74, 6) is -1.46. The van der Waals surface area contributed by atoms with E-state index in [0.717, 1.165) is 0 Å². The second-order valence-electron chi connectivity index (χ2n) is 4.30. The van der Waals surface area contributed by atoms with Gasteiger partial charge < -0.3 is 15.7 Å². The van der Waals surface area contributed by atoms with E-state index in [2.05, 4.69) is 10.6 Å². The van der Waals surface area contributed by atoms with E-state index in [1.165, 1.54) is 0 Å². The summed E-state index contributed by atoms with van der Waals surface area (Å²) in [5.41, 5.74) is 0.432. The third-order valence-corrected chi connectivity index (χ3v) is 2.79. The van der Waals surface area contributed by atoms with Crippen molar-refractivity contribution in [2.45, 2.75) is 25.3 Å². The van der Waals surface area contributed by atoms with Gasteiger partial charge in [0.15, 0.2) is 0 Å². The van der Waals surface area contributed by atoms with Crippen molar-refractivity contribution in [3.63, 3.8) is 0 Å². The molecule has 1 atom stereocenters. The van der Waals surface area contributed by atoms with Gasteiger partial charge in [-0.1, -0.05) is 18.2 Å². The highest BCUT2D eigenvalue weighted by molar-refractivity contribution is 5.96. The van der Waals surface area contributed by atoms with Gasteiger partial charge in [-0.2, -0.15) is 0 Å². The molecular weight excluding hydrogens is 260 g/mol. The van der Waals surface area contributed by atoms with Gasteiger partial charge in [-0.05, 0) is 31.4 Å². The number of hydrogen-bond acceptors (Lipinski definition) is 3. The van der Waals surface area contributed by atoms with Crippen LogP contribution in [0.25, 0.3) is 0 Å². The van der Waals surface area contributed by atoms with Gasteiger partial charge in [-0.25, -0.2) is 4.79 Å². The van der Waals surface area contributed by atoms with Crippen molar-refractivity contribution in [2.75, 3.05) is 6.54 Å². The van der Waals surface area contributed by atoms with Crippen LogP contribution in [0.1, 0.15) is 29.6 Å². The van der Waals surface area contributed by atoms with Crippen molar-refractivity contribution in [3.8, 4) is 0 Å². The lowest BCUT2D eigenvalue weighted by atomic mass is 10.1. The number of hydrogen-bond donors (Lipinski definition) is 3. The Morgan fingerprint density at radius 3 is 2.50 bits per heavy atom. The van der Waals surface area contributed by atoms with Gasteiger partial charge in [0.25, 0.3) is 5.91 Å². The summed E-state index contributed by atoms with van der Waals surface area (Å²) in [4.78, 5) is 33.0. The molecule has 6 heteroatoms. The van der Waals surface area contributed by atoms with Crippen LogP contribution >= 0.6 is 0 Å². The zero-order valence-corrected chi connectivity index (χ0v) is 11.0. The predicted molar refractivity (Wildman–Crippen MR) is 73.2 cm³/mol. The Kier molecular flexibility index (Phi) is 6.81. The molecule has 0 bridgehead atoms. The van der Waals surface area contributed by atoms with Gasteiger partial charge in [-0.15, -0.1) is 0 Å². The first kappa shape index (κ1) is 15.7. The van der Waals surface area contributed by atoms with Crippen LogP contribution in [0.3, 0.4) is 0 Å². The third kappa shape index (κ3) is 5.51.